The molecule has 0 unspecified atom stereocenters. The van der Waals surface area contributed by atoms with Gasteiger partial charge in [0.15, 0.2) is 5.82 Å². The van der Waals surface area contributed by atoms with Gasteiger partial charge >= 0.3 is 11.9 Å². The van der Waals surface area contributed by atoms with Gasteiger partial charge in [0.2, 0.25) is 11.6 Å². The quantitative estimate of drug-likeness (QED) is 0.459. The van der Waals surface area contributed by atoms with Crippen LogP contribution in [0, 0.1) is 10.1 Å². The fraction of sp³-hybridized carbons (Fsp3) is 0.167. The second-order valence-electron chi connectivity index (χ2n) is 6.36. The molecule has 0 spiro atoms. The predicted molar refractivity (Wildman–Crippen MR) is 103 cm³/mol. The number of nitrogens with one attached hydrogen (secondary N) is 1. The second kappa shape index (κ2) is 7.41. The Balaban J connectivity index is 1.74. The van der Waals surface area contributed by atoms with Crippen LogP contribution in [0.3, 0.4) is 0 Å². The van der Waals surface area contributed by atoms with Crippen molar-refractivity contribution in [2.24, 2.45) is 0 Å². The van der Waals surface area contributed by atoms with Gasteiger partial charge in [-0.15, -0.1) is 0 Å². The summed E-state index contributed by atoms with van der Waals surface area (Å²) in [5.41, 5.74) is 0.333. The molecular weight excluding hydrogens is 425 g/mol. The lowest BCUT2D eigenvalue weighted by Crippen LogP contribution is -2.18. The molecule has 30 heavy (non-hydrogen) atoms. The summed E-state index contributed by atoms with van der Waals surface area (Å²) in [7, 11) is 0. The molecule has 0 fully saturated rings. The van der Waals surface area contributed by atoms with E-state index < -0.39 is 22.4 Å². The van der Waals surface area contributed by atoms with Gasteiger partial charge in [0.05, 0.1) is 15.5 Å². The molecule has 0 bridgehead atoms. The number of hydrogen-bond donors (Lipinski definition) is 1. The van der Waals surface area contributed by atoms with E-state index in [4.69, 9.17) is 11.6 Å². The zero-order chi connectivity index (χ0) is 21.5. The topological polar surface area (TPSA) is 97.1 Å². The standard InChI is InChI=1S/C18H12ClF3N6O2/c19-12-7-11(18(20,21)22)8-23-15(12)26-16-14(28(29)30)17(25-9-24-16)27-6-5-10-3-1-2-4-13(10)27/h1-4,7-9H,5-6H2,(H,23,24,25,26). The van der Waals surface area contributed by atoms with Gasteiger partial charge in [-0.05, 0) is 24.1 Å². The lowest BCUT2D eigenvalue weighted by Gasteiger charge is -2.19. The molecule has 4 rings (SSSR count). The van der Waals surface area contributed by atoms with Gasteiger partial charge in [-0.3, -0.25) is 10.1 Å². The third-order valence-electron chi connectivity index (χ3n) is 4.53. The maximum Gasteiger partial charge on any atom is 0.417 e. The van der Waals surface area contributed by atoms with Crippen molar-refractivity contribution < 1.29 is 18.1 Å². The molecule has 1 aromatic carbocycles. The van der Waals surface area contributed by atoms with E-state index >= 15 is 0 Å². The highest BCUT2D eigenvalue weighted by atomic mass is 35.5. The second-order valence-corrected chi connectivity index (χ2v) is 6.77. The average Bonchev–Trinajstić information content (AvgIpc) is 3.12. The number of anilines is 4. The van der Waals surface area contributed by atoms with Gasteiger partial charge in [-0.1, -0.05) is 29.8 Å². The van der Waals surface area contributed by atoms with Crippen LogP contribution in [-0.4, -0.2) is 26.4 Å². The normalized spacial score (nSPS) is 13.3. The summed E-state index contributed by atoms with van der Waals surface area (Å²) in [5, 5.41) is 14.0. The average molecular weight is 437 g/mol. The van der Waals surface area contributed by atoms with Crippen LogP contribution in [0.25, 0.3) is 0 Å². The number of pyridine rings is 1. The first-order valence-corrected chi connectivity index (χ1v) is 8.98. The van der Waals surface area contributed by atoms with Crippen LogP contribution >= 0.6 is 11.6 Å². The lowest BCUT2D eigenvalue weighted by molar-refractivity contribution is -0.383. The molecule has 0 atom stereocenters. The van der Waals surface area contributed by atoms with Crippen LogP contribution in [-0.2, 0) is 12.6 Å². The van der Waals surface area contributed by atoms with Crippen molar-refractivity contribution in [1.29, 1.82) is 0 Å². The van der Waals surface area contributed by atoms with Crippen LogP contribution in [0.5, 0.6) is 0 Å². The van der Waals surface area contributed by atoms with E-state index in [2.05, 4.69) is 20.3 Å². The highest BCUT2D eigenvalue weighted by molar-refractivity contribution is 6.33. The Labute approximate surface area is 172 Å². The van der Waals surface area contributed by atoms with E-state index in [1.54, 1.807) is 4.90 Å². The summed E-state index contributed by atoms with van der Waals surface area (Å²) in [4.78, 5) is 24.5. The summed E-state index contributed by atoms with van der Waals surface area (Å²) in [6, 6.07) is 8.13. The molecule has 154 valence electrons. The van der Waals surface area contributed by atoms with Crippen molar-refractivity contribution in [3.05, 3.63) is 69.1 Å². The first-order chi connectivity index (χ1) is 14.3. The van der Waals surface area contributed by atoms with Gasteiger partial charge in [-0.2, -0.15) is 13.2 Å². The van der Waals surface area contributed by atoms with Crippen molar-refractivity contribution in [1.82, 2.24) is 15.0 Å². The Hall–Kier alpha value is -3.47. The maximum absolute atomic E-state index is 12.8. The summed E-state index contributed by atoms with van der Waals surface area (Å²) >= 11 is 5.90. The summed E-state index contributed by atoms with van der Waals surface area (Å²) in [5.74, 6) is -0.367. The SMILES string of the molecule is O=[N+]([O-])c1c(Nc2ncc(C(F)(F)F)cc2Cl)ncnc1N1CCc2ccccc21. The Kier molecular flexibility index (Phi) is 4.90. The van der Waals surface area contributed by atoms with Gasteiger partial charge in [-0.25, -0.2) is 15.0 Å². The van der Waals surface area contributed by atoms with E-state index in [-0.39, 0.29) is 22.5 Å². The molecule has 0 saturated heterocycles. The molecule has 0 aliphatic carbocycles. The lowest BCUT2D eigenvalue weighted by atomic mass is 10.2. The Morgan fingerprint density at radius 2 is 1.93 bits per heavy atom. The number of fused-ring (bicyclic) bond motifs is 1. The molecule has 8 nitrogen and oxygen atoms in total. The number of rotatable bonds is 4. The van der Waals surface area contributed by atoms with E-state index in [1.807, 2.05) is 24.3 Å². The van der Waals surface area contributed by atoms with Crippen molar-refractivity contribution in [2.75, 3.05) is 16.8 Å². The molecule has 1 N–H and O–H groups in total. The smallest absolute Gasteiger partial charge is 0.320 e. The van der Waals surface area contributed by atoms with Crippen molar-refractivity contribution in [3.8, 4) is 0 Å². The number of nitro groups is 1. The van der Waals surface area contributed by atoms with Crippen molar-refractivity contribution in [2.45, 2.75) is 12.6 Å². The molecule has 2 aromatic heterocycles. The maximum atomic E-state index is 12.8. The van der Waals surface area contributed by atoms with Gasteiger partial charge in [0.1, 0.15) is 6.33 Å². The van der Waals surface area contributed by atoms with Crippen LogP contribution in [0.1, 0.15) is 11.1 Å². The minimum Gasteiger partial charge on any atom is -0.320 e. The number of hydrogen-bond acceptors (Lipinski definition) is 7. The van der Waals surface area contributed by atoms with E-state index in [9.17, 15) is 23.3 Å². The number of benzene rings is 1. The molecule has 3 aromatic rings. The van der Waals surface area contributed by atoms with Crippen molar-refractivity contribution in [3.63, 3.8) is 0 Å². The van der Waals surface area contributed by atoms with E-state index in [1.165, 1.54) is 0 Å². The van der Waals surface area contributed by atoms with E-state index in [0.29, 0.717) is 25.2 Å². The predicted octanol–water partition coefficient (Wildman–Crippen LogP) is 4.89. The Morgan fingerprint density at radius 3 is 2.63 bits per heavy atom. The first-order valence-electron chi connectivity index (χ1n) is 8.60. The van der Waals surface area contributed by atoms with Gasteiger partial charge in [0.25, 0.3) is 0 Å². The summed E-state index contributed by atoms with van der Waals surface area (Å²) < 4.78 is 38.4. The van der Waals surface area contributed by atoms with Crippen LogP contribution in [0.2, 0.25) is 5.02 Å². The fourth-order valence-corrected chi connectivity index (χ4v) is 3.40. The van der Waals surface area contributed by atoms with Crippen molar-refractivity contribution >= 4 is 40.4 Å². The molecule has 0 saturated carbocycles. The molecule has 1 aliphatic heterocycles. The summed E-state index contributed by atoms with van der Waals surface area (Å²) in [6.45, 7) is 0.482. The monoisotopic (exact) mass is 436 g/mol. The molecule has 0 amide bonds. The number of alkyl halides is 3. The van der Waals surface area contributed by atoms with Crippen LogP contribution in [0.4, 0.5) is 42.0 Å². The molecule has 12 heteroatoms. The number of aromatic nitrogens is 3. The zero-order valence-electron chi connectivity index (χ0n) is 15.0. The highest BCUT2D eigenvalue weighted by Crippen LogP contribution is 2.41. The molecule has 3 heterocycles. The number of nitrogens with zero attached hydrogens (tertiary/aromatic N) is 5. The third kappa shape index (κ3) is 3.59. The minimum absolute atomic E-state index is 0.0606. The van der Waals surface area contributed by atoms with Gasteiger partial charge in [0, 0.05) is 18.4 Å². The number of halogens is 4. The van der Waals surface area contributed by atoms with Crippen LogP contribution < -0.4 is 10.2 Å². The number of para-hydroxylation sites is 1. The largest absolute Gasteiger partial charge is 0.417 e. The highest BCUT2D eigenvalue weighted by Gasteiger charge is 2.33. The molecule has 1 aliphatic rings. The van der Waals surface area contributed by atoms with Gasteiger partial charge < -0.3 is 10.2 Å². The Morgan fingerprint density at radius 1 is 1.17 bits per heavy atom. The third-order valence-corrected chi connectivity index (χ3v) is 4.82. The summed E-state index contributed by atoms with van der Waals surface area (Å²) in [6.07, 6.45) is -2.22. The zero-order valence-corrected chi connectivity index (χ0v) is 15.8. The minimum atomic E-state index is -4.62. The van der Waals surface area contributed by atoms with Crippen LogP contribution in [0.15, 0.2) is 42.9 Å². The Bertz CT molecular complexity index is 1140. The first kappa shape index (κ1) is 19.8. The van der Waals surface area contributed by atoms with E-state index in [0.717, 1.165) is 17.6 Å². The molecular formula is C18H12ClF3N6O2. The molecule has 0 radical (unpaired) electrons. The fourth-order valence-electron chi connectivity index (χ4n) is 3.18.